The number of nitrogens with one attached hydrogen (secondary N) is 3. The number of aliphatic hydroxyl groups is 1. The molecule has 1 aromatic rings. The Balaban J connectivity index is 3.07. The van der Waals surface area contributed by atoms with Gasteiger partial charge in [0.2, 0.25) is 17.7 Å². The summed E-state index contributed by atoms with van der Waals surface area (Å²) in [6, 6.07) is 3.01. The molecule has 12 nitrogen and oxygen atoms in total. The van der Waals surface area contributed by atoms with Crippen molar-refractivity contribution in [3.63, 3.8) is 0 Å². The van der Waals surface area contributed by atoms with Crippen molar-refractivity contribution in [2.75, 3.05) is 6.61 Å². The molecule has 8 N–H and O–H groups in total. The molecule has 0 saturated carbocycles. The average Bonchev–Trinajstić information content (AvgIpc) is 2.70. The molecule has 31 heavy (non-hydrogen) atoms. The molecular formula is C19H26N4O8. The Morgan fingerprint density at radius 3 is 1.87 bits per heavy atom. The van der Waals surface area contributed by atoms with Gasteiger partial charge in [0.15, 0.2) is 0 Å². The summed E-state index contributed by atoms with van der Waals surface area (Å²) in [7, 11) is 0. The van der Waals surface area contributed by atoms with E-state index in [4.69, 9.17) is 21.1 Å². The van der Waals surface area contributed by atoms with Gasteiger partial charge in [0, 0.05) is 6.42 Å². The van der Waals surface area contributed by atoms with Crippen molar-refractivity contribution >= 4 is 29.7 Å². The Bertz CT molecular complexity index is 799. The van der Waals surface area contributed by atoms with Crippen molar-refractivity contribution < 1.29 is 39.3 Å². The number of aliphatic carboxylic acids is 2. The Morgan fingerprint density at radius 2 is 1.39 bits per heavy atom. The summed E-state index contributed by atoms with van der Waals surface area (Å²) in [6.45, 7) is 0.469. The molecule has 4 unspecified atom stereocenters. The second kappa shape index (κ2) is 12.2. The zero-order chi connectivity index (χ0) is 23.6. The number of benzene rings is 1. The molecule has 0 aliphatic heterocycles. The Kier molecular flexibility index (Phi) is 10.1. The normalized spacial score (nSPS) is 14.4. The smallest absolute Gasteiger partial charge is 0.328 e. The molecule has 4 atom stereocenters. The first-order chi connectivity index (χ1) is 14.5. The van der Waals surface area contributed by atoms with E-state index in [1.165, 1.54) is 6.92 Å². The van der Waals surface area contributed by atoms with Crippen LogP contribution in [0.2, 0.25) is 0 Å². The summed E-state index contributed by atoms with van der Waals surface area (Å²) in [5.74, 6) is -5.50. The molecule has 1 aromatic carbocycles. The number of amides is 3. The molecule has 170 valence electrons. The summed E-state index contributed by atoms with van der Waals surface area (Å²) in [5, 5.41) is 33.8. The van der Waals surface area contributed by atoms with E-state index in [0.717, 1.165) is 0 Å². The van der Waals surface area contributed by atoms with E-state index in [2.05, 4.69) is 16.0 Å². The minimum Gasteiger partial charge on any atom is -0.481 e. The van der Waals surface area contributed by atoms with E-state index in [0.29, 0.717) is 5.56 Å². The predicted octanol–water partition coefficient (Wildman–Crippen LogP) is -2.42. The zero-order valence-corrected chi connectivity index (χ0v) is 16.8. The van der Waals surface area contributed by atoms with Gasteiger partial charge in [0.05, 0.1) is 19.1 Å². The van der Waals surface area contributed by atoms with Gasteiger partial charge in [-0.15, -0.1) is 0 Å². The molecule has 12 heteroatoms. The summed E-state index contributed by atoms with van der Waals surface area (Å²) >= 11 is 0. The van der Waals surface area contributed by atoms with E-state index in [-0.39, 0.29) is 6.42 Å². The first-order valence-electron chi connectivity index (χ1n) is 9.31. The third-order valence-electron chi connectivity index (χ3n) is 4.14. The van der Waals surface area contributed by atoms with E-state index >= 15 is 0 Å². The minimum absolute atomic E-state index is 0.0583. The van der Waals surface area contributed by atoms with Crippen LogP contribution in [0.3, 0.4) is 0 Å². The molecule has 0 aromatic heterocycles. The summed E-state index contributed by atoms with van der Waals surface area (Å²) < 4.78 is 0. The lowest BCUT2D eigenvalue weighted by Gasteiger charge is -2.24. The lowest BCUT2D eigenvalue weighted by molar-refractivity contribution is -0.144. The van der Waals surface area contributed by atoms with E-state index in [1.54, 1.807) is 30.3 Å². The summed E-state index contributed by atoms with van der Waals surface area (Å²) in [5.41, 5.74) is 6.05. The highest BCUT2D eigenvalue weighted by atomic mass is 16.4. The second-order valence-electron chi connectivity index (χ2n) is 6.78. The van der Waals surface area contributed by atoms with Crippen molar-refractivity contribution in [3.8, 4) is 0 Å². The van der Waals surface area contributed by atoms with Gasteiger partial charge < -0.3 is 37.0 Å². The average molecular weight is 438 g/mol. The predicted molar refractivity (Wildman–Crippen MR) is 107 cm³/mol. The molecule has 0 saturated heterocycles. The first-order valence-corrected chi connectivity index (χ1v) is 9.31. The lowest BCUT2D eigenvalue weighted by atomic mass is 10.0. The Morgan fingerprint density at radius 1 is 0.871 bits per heavy atom. The van der Waals surface area contributed by atoms with Gasteiger partial charge in [-0.1, -0.05) is 30.3 Å². The van der Waals surface area contributed by atoms with Gasteiger partial charge in [-0.2, -0.15) is 0 Å². The zero-order valence-electron chi connectivity index (χ0n) is 16.8. The molecular weight excluding hydrogens is 412 g/mol. The number of carboxylic acids is 2. The first kappa shape index (κ1) is 25.5. The van der Waals surface area contributed by atoms with E-state index in [1.807, 2.05) is 0 Å². The third-order valence-corrected chi connectivity index (χ3v) is 4.14. The van der Waals surface area contributed by atoms with Crippen molar-refractivity contribution in [1.82, 2.24) is 16.0 Å². The van der Waals surface area contributed by atoms with Crippen molar-refractivity contribution in [1.29, 1.82) is 0 Å². The number of carbonyl (C=O) groups excluding carboxylic acids is 3. The summed E-state index contributed by atoms with van der Waals surface area (Å²) in [4.78, 5) is 59.3. The van der Waals surface area contributed by atoms with Crippen LogP contribution in [0.15, 0.2) is 30.3 Å². The SMILES string of the molecule is CC(N)C(=O)NC(CC(=O)O)C(=O)NC(Cc1ccccc1)C(=O)NC(CO)C(=O)O. The molecule has 0 bridgehead atoms. The Hall–Kier alpha value is -3.51. The second-order valence-corrected chi connectivity index (χ2v) is 6.78. The van der Waals surface area contributed by atoms with Gasteiger partial charge >= 0.3 is 11.9 Å². The minimum atomic E-state index is -1.60. The van der Waals surface area contributed by atoms with Crippen molar-refractivity contribution in [3.05, 3.63) is 35.9 Å². The van der Waals surface area contributed by atoms with Crippen LogP contribution < -0.4 is 21.7 Å². The standard InChI is InChI=1S/C19H26N4O8/c1-10(20)16(27)21-13(8-15(25)26)18(29)22-12(7-11-5-3-2-4-6-11)17(28)23-14(9-24)19(30)31/h2-6,10,12-14,24H,7-9,20H2,1H3,(H,21,27)(H,22,29)(H,23,28)(H,25,26)(H,30,31). The van der Waals surface area contributed by atoms with Gasteiger partial charge in [0.25, 0.3) is 0 Å². The number of aliphatic hydroxyl groups excluding tert-OH is 1. The molecule has 0 aliphatic carbocycles. The molecule has 0 heterocycles. The fourth-order valence-corrected chi connectivity index (χ4v) is 2.48. The quantitative estimate of drug-likeness (QED) is 0.185. The van der Waals surface area contributed by atoms with Gasteiger partial charge in [-0.05, 0) is 12.5 Å². The maximum absolute atomic E-state index is 12.7. The van der Waals surface area contributed by atoms with Crippen molar-refractivity contribution in [2.45, 2.75) is 43.9 Å². The van der Waals surface area contributed by atoms with Gasteiger partial charge in [-0.3, -0.25) is 19.2 Å². The van der Waals surface area contributed by atoms with Gasteiger partial charge in [-0.25, -0.2) is 4.79 Å². The third kappa shape index (κ3) is 8.80. The van der Waals surface area contributed by atoms with Crippen LogP contribution in [0.25, 0.3) is 0 Å². The van der Waals surface area contributed by atoms with Gasteiger partial charge in [0.1, 0.15) is 18.1 Å². The van der Waals surface area contributed by atoms with Crippen LogP contribution in [-0.4, -0.2) is 75.8 Å². The number of rotatable bonds is 12. The highest BCUT2D eigenvalue weighted by molar-refractivity contribution is 5.95. The van der Waals surface area contributed by atoms with Crippen LogP contribution in [-0.2, 0) is 30.4 Å². The molecule has 0 radical (unpaired) electrons. The van der Waals surface area contributed by atoms with Crippen LogP contribution in [0.5, 0.6) is 0 Å². The van der Waals surface area contributed by atoms with Crippen LogP contribution in [0, 0.1) is 0 Å². The van der Waals surface area contributed by atoms with Crippen LogP contribution >= 0.6 is 0 Å². The maximum Gasteiger partial charge on any atom is 0.328 e. The molecule has 3 amide bonds. The fraction of sp³-hybridized carbons (Fsp3) is 0.421. The van der Waals surface area contributed by atoms with E-state index in [9.17, 15) is 24.0 Å². The number of hydrogen-bond acceptors (Lipinski definition) is 7. The highest BCUT2D eigenvalue weighted by Gasteiger charge is 2.31. The maximum atomic E-state index is 12.7. The fourth-order valence-electron chi connectivity index (χ4n) is 2.48. The topological polar surface area (TPSA) is 208 Å². The van der Waals surface area contributed by atoms with Crippen LogP contribution in [0.1, 0.15) is 18.9 Å². The monoisotopic (exact) mass is 438 g/mol. The molecule has 0 fully saturated rings. The van der Waals surface area contributed by atoms with E-state index < -0.39 is 66.9 Å². The number of nitrogens with two attached hydrogens (primary N) is 1. The molecule has 1 rings (SSSR count). The molecule has 0 spiro atoms. The number of carbonyl (C=O) groups is 5. The number of carboxylic acid groups (broad SMARTS) is 2. The number of hydrogen-bond donors (Lipinski definition) is 7. The summed E-state index contributed by atoms with van der Waals surface area (Å²) in [6.07, 6.45) is -0.824. The molecule has 0 aliphatic rings. The largest absolute Gasteiger partial charge is 0.481 e. The lowest BCUT2D eigenvalue weighted by Crippen LogP contribution is -2.58. The highest BCUT2D eigenvalue weighted by Crippen LogP contribution is 2.05. The Labute approximate surface area is 177 Å². The van der Waals surface area contributed by atoms with Crippen molar-refractivity contribution in [2.24, 2.45) is 5.73 Å². The van der Waals surface area contributed by atoms with Crippen LogP contribution in [0.4, 0.5) is 0 Å².